The molecule has 3 heteroatoms. The molecule has 0 saturated carbocycles. The molecule has 0 unspecified atom stereocenters. The van der Waals surface area contributed by atoms with Crippen LogP contribution in [-0.4, -0.2) is 8.80 Å². The van der Waals surface area contributed by atoms with Crippen molar-refractivity contribution in [3.8, 4) is 0 Å². The van der Waals surface area contributed by atoms with E-state index in [1.54, 1.807) is 0 Å². The van der Waals surface area contributed by atoms with Gasteiger partial charge in [0.15, 0.2) is 0 Å². The van der Waals surface area contributed by atoms with Crippen LogP contribution in [0.25, 0.3) is 76.2 Å². The van der Waals surface area contributed by atoms with Crippen molar-refractivity contribution < 1.29 is 0 Å². The van der Waals surface area contributed by atoms with Crippen LogP contribution < -0.4 is 4.90 Å². The van der Waals surface area contributed by atoms with Crippen molar-refractivity contribution >= 4 is 93.3 Å². The van der Waals surface area contributed by atoms with E-state index >= 15 is 0 Å². The van der Waals surface area contributed by atoms with Crippen LogP contribution in [0.5, 0.6) is 0 Å². The third-order valence-corrected chi connectivity index (χ3v) is 13.7. The average molecular weight is 796 g/mol. The van der Waals surface area contributed by atoms with Crippen molar-refractivity contribution in [2.75, 3.05) is 4.90 Å². The lowest BCUT2D eigenvalue weighted by Gasteiger charge is -2.27. The number of anilines is 3. The molecule has 3 nitrogen and oxygen atoms in total. The van der Waals surface area contributed by atoms with Gasteiger partial charge in [0, 0.05) is 60.2 Å². The van der Waals surface area contributed by atoms with Gasteiger partial charge in [-0.15, -0.1) is 0 Å². The lowest BCUT2D eigenvalue weighted by molar-refractivity contribution is 0.590. The smallest absolute Gasteiger partial charge is 0.0620 e. The van der Waals surface area contributed by atoms with Gasteiger partial charge in [0.1, 0.15) is 0 Å². The van der Waals surface area contributed by atoms with Crippen molar-refractivity contribution in [1.82, 2.24) is 8.80 Å². The molecule has 0 aliphatic heterocycles. The van der Waals surface area contributed by atoms with Crippen LogP contribution in [0.1, 0.15) is 105 Å². The highest BCUT2D eigenvalue weighted by molar-refractivity contribution is 6.29. The Kier molecular flexibility index (Phi) is 7.63. The third-order valence-electron chi connectivity index (χ3n) is 13.7. The standard InChI is InChI=1S/C58H57N3/c1-55(2,3)34-18-21-39(22-19-34)59(38-16-14-13-15-17-38)40-23-24-41-45-27-36(57(7,8)9)29-47-44-32-51-43(33-52(44)61(53(45)47)50(41)31-40)48-30-37(58(10,11)12)28-46-42-26-35(56(4,5)6)20-25-49(42)60(51)54(46)48/h13-33H,1-12H3. The molecule has 0 saturated heterocycles. The summed E-state index contributed by atoms with van der Waals surface area (Å²) in [6, 6.07) is 49.3. The van der Waals surface area contributed by atoms with Gasteiger partial charge in [-0.05, 0) is 129 Å². The summed E-state index contributed by atoms with van der Waals surface area (Å²) < 4.78 is 5.16. The Hall–Kier alpha value is -6.06. The first-order chi connectivity index (χ1) is 28.8. The van der Waals surface area contributed by atoms with E-state index in [2.05, 4.69) is 224 Å². The molecule has 0 fully saturated rings. The molecule has 0 amide bonds. The summed E-state index contributed by atoms with van der Waals surface area (Å²) in [4.78, 5) is 2.41. The van der Waals surface area contributed by atoms with Gasteiger partial charge in [-0.2, -0.15) is 0 Å². The first-order valence-corrected chi connectivity index (χ1v) is 22.2. The maximum Gasteiger partial charge on any atom is 0.0620 e. The topological polar surface area (TPSA) is 12.1 Å². The van der Waals surface area contributed by atoms with Crippen molar-refractivity contribution in [2.24, 2.45) is 0 Å². The van der Waals surface area contributed by atoms with E-state index in [0.29, 0.717) is 0 Å². The summed E-state index contributed by atoms with van der Waals surface area (Å²) in [6.45, 7) is 27.9. The van der Waals surface area contributed by atoms with Gasteiger partial charge in [0.25, 0.3) is 0 Å². The predicted molar refractivity (Wildman–Crippen MR) is 265 cm³/mol. The Morgan fingerprint density at radius 1 is 0.295 bits per heavy atom. The average Bonchev–Trinajstić information content (AvgIpc) is 3.92. The molecule has 0 radical (unpaired) electrons. The summed E-state index contributed by atoms with van der Waals surface area (Å²) in [5.41, 5.74) is 16.7. The number of hydrogen-bond acceptors (Lipinski definition) is 1. The highest BCUT2D eigenvalue weighted by Gasteiger charge is 2.28. The molecule has 304 valence electrons. The summed E-state index contributed by atoms with van der Waals surface area (Å²) >= 11 is 0. The minimum Gasteiger partial charge on any atom is -0.310 e. The third kappa shape index (κ3) is 5.55. The van der Waals surface area contributed by atoms with Gasteiger partial charge in [-0.1, -0.05) is 126 Å². The number of para-hydroxylation sites is 1. The van der Waals surface area contributed by atoms with Crippen LogP contribution in [0.4, 0.5) is 17.1 Å². The monoisotopic (exact) mass is 795 g/mol. The minimum atomic E-state index is -0.0188. The number of benzene rings is 7. The number of aromatic nitrogens is 2. The molecule has 4 heterocycles. The van der Waals surface area contributed by atoms with Gasteiger partial charge in [-0.3, -0.25) is 0 Å². The summed E-state index contributed by atoms with van der Waals surface area (Å²) in [6.07, 6.45) is 0. The second-order valence-electron chi connectivity index (χ2n) is 22.0. The molecule has 11 aromatic rings. The zero-order valence-electron chi connectivity index (χ0n) is 38.0. The Labute approximate surface area is 359 Å². The van der Waals surface area contributed by atoms with Crippen molar-refractivity contribution in [3.05, 3.63) is 150 Å². The van der Waals surface area contributed by atoms with Gasteiger partial charge in [0.05, 0.1) is 33.1 Å². The molecule has 11 rings (SSSR count). The predicted octanol–water partition coefficient (Wildman–Crippen LogP) is 16.6. The minimum absolute atomic E-state index is 0.00326. The first kappa shape index (κ1) is 37.9. The normalized spacial score (nSPS) is 13.6. The second-order valence-corrected chi connectivity index (χ2v) is 22.0. The molecule has 4 aromatic heterocycles. The van der Waals surface area contributed by atoms with Crippen molar-refractivity contribution in [2.45, 2.75) is 105 Å². The molecule has 0 aliphatic rings. The van der Waals surface area contributed by atoms with E-state index in [4.69, 9.17) is 0 Å². The van der Waals surface area contributed by atoms with Gasteiger partial charge >= 0.3 is 0 Å². The maximum atomic E-state index is 2.59. The fourth-order valence-corrected chi connectivity index (χ4v) is 10.2. The van der Waals surface area contributed by atoms with E-state index in [0.717, 1.165) is 17.1 Å². The Bertz CT molecular complexity index is 3530. The molecule has 0 aliphatic carbocycles. The van der Waals surface area contributed by atoms with Crippen LogP contribution in [0.15, 0.2) is 127 Å². The second kappa shape index (κ2) is 12.3. The Morgan fingerprint density at radius 2 is 0.689 bits per heavy atom. The molecule has 0 spiro atoms. The van der Waals surface area contributed by atoms with E-state index in [9.17, 15) is 0 Å². The van der Waals surface area contributed by atoms with Crippen LogP contribution in [0.2, 0.25) is 0 Å². The van der Waals surface area contributed by atoms with Crippen LogP contribution in [0, 0.1) is 0 Å². The van der Waals surface area contributed by atoms with Crippen LogP contribution in [-0.2, 0) is 21.7 Å². The maximum absolute atomic E-state index is 2.59. The lowest BCUT2D eigenvalue weighted by atomic mass is 9.84. The fourth-order valence-electron chi connectivity index (χ4n) is 10.2. The molecule has 0 atom stereocenters. The number of nitrogens with zero attached hydrogens (tertiary/aromatic N) is 3. The lowest BCUT2D eigenvalue weighted by Crippen LogP contribution is -2.13. The number of hydrogen-bond donors (Lipinski definition) is 0. The molecule has 0 N–H and O–H groups in total. The highest BCUT2D eigenvalue weighted by Crippen LogP contribution is 2.48. The molecule has 61 heavy (non-hydrogen) atoms. The Balaban J connectivity index is 1.26. The number of fused-ring (bicyclic) bond motifs is 12. The van der Waals surface area contributed by atoms with Crippen LogP contribution in [0.3, 0.4) is 0 Å². The summed E-state index contributed by atoms with van der Waals surface area (Å²) in [7, 11) is 0. The van der Waals surface area contributed by atoms with E-state index < -0.39 is 0 Å². The van der Waals surface area contributed by atoms with Crippen LogP contribution >= 0.6 is 0 Å². The highest BCUT2D eigenvalue weighted by atomic mass is 15.1. The van der Waals surface area contributed by atoms with E-state index in [1.165, 1.54) is 98.4 Å². The van der Waals surface area contributed by atoms with E-state index in [1.807, 2.05) is 0 Å². The zero-order chi connectivity index (χ0) is 42.7. The van der Waals surface area contributed by atoms with Gasteiger partial charge in [-0.25, -0.2) is 0 Å². The van der Waals surface area contributed by atoms with Crippen molar-refractivity contribution in [3.63, 3.8) is 0 Å². The molecular formula is C58H57N3. The molecule has 0 bridgehead atoms. The summed E-state index contributed by atoms with van der Waals surface area (Å²) in [5.74, 6) is 0. The molecular weight excluding hydrogens is 739 g/mol. The molecule has 7 aromatic carbocycles. The van der Waals surface area contributed by atoms with Crippen molar-refractivity contribution in [1.29, 1.82) is 0 Å². The fraction of sp³-hybridized carbons (Fsp3) is 0.276. The number of rotatable bonds is 3. The van der Waals surface area contributed by atoms with Gasteiger partial charge < -0.3 is 13.7 Å². The summed E-state index contributed by atoms with van der Waals surface area (Å²) in [5, 5.41) is 10.6. The zero-order valence-corrected chi connectivity index (χ0v) is 38.0. The van der Waals surface area contributed by atoms with Gasteiger partial charge in [0.2, 0.25) is 0 Å². The largest absolute Gasteiger partial charge is 0.310 e. The SMILES string of the molecule is CC(C)(C)c1ccc(N(c2ccccc2)c2ccc3c4cc(C(C)(C)C)cc5c6cc7c(cc6n(c3c2)c45)c2cc(C(C)(C)C)cc3c4cc(C(C)(C)C)ccc4n7c32)cc1. The van der Waals surface area contributed by atoms with E-state index in [-0.39, 0.29) is 21.7 Å². The first-order valence-electron chi connectivity index (χ1n) is 22.2. The quantitative estimate of drug-likeness (QED) is 0.173. The Morgan fingerprint density at radius 3 is 1.20 bits per heavy atom.